The standard InChI is InChI=1S/C18H27BrOSi/c1-13(2)21(14(3)4,15(5)6)11-10-16-8-9-17(20-7)12-18(16)19/h8-9,12-15H,1-7H3. The molecule has 0 saturated carbocycles. The Hall–Kier alpha value is -0.723. The Balaban J connectivity index is 3.29. The van der Waals surface area contributed by atoms with Crippen LogP contribution in [0.3, 0.4) is 0 Å². The van der Waals surface area contributed by atoms with Gasteiger partial charge in [0, 0.05) is 10.0 Å². The molecule has 0 aliphatic heterocycles. The highest BCUT2D eigenvalue weighted by atomic mass is 79.9. The average Bonchev–Trinajstić information content (AvgIpc) is 2.39. The lowest BCUT2D eigenvalue weighted by molar-refractivity contribution is 0.414. The zero-order valence-corrected chi connectivity index (χ0v) is 16.8. The third-order valence-corrected chi connectivity index (χ3v) is 11.4. The number of benzene rings is 1. The molecule has 0 spiro atoms. The summed E-state index contributed by atoms with van der Waals surface area (Å²) >= 11 is 3.60. The SMILES string of the molecule is COc1ccc(C#C[Si](C(C)C)(C(C)C)C(C)C)c(Br)c1. The van der Waals surface area contributed by atoms with Gasteiger partial charge in [0.1, 0.15) is 13.8 Å². The molecule has 0 atom stereocenters. The third kappa shape index (κ3) is 3.93. The normalized spacial score (nSPS) is 11.8. The van der Waals surface area contributed by atoms with E-state index in [1.54, 1.807) is 7.11 Å². The molecular formula is C18H27BrOSi. The van der Waals surface area contributed by atoms with Crippen LogP contribution in [0.2, 0.25) is 16.6 Å². The summed E-state index contributed by atoms with van der Waals surface area (Å²) in [6, 6.07) is 5.99. The lowest BCUT2D eigenvalue weighted by atomic mass is 10.2. The van der Waals surface area contributed by atoms with E-state index in [9.17, 15) is 0 Å². The van der Waals surface area contributed by atoms with E-state index in [0.29, 0.717) is 16.6 Å². The van der Waals surface area contributed by atoms with Crippen molar-refractivity contribution >= 4 is 24.0 Å². The van der Waals surface area contributed by atoms with Gasteiger partial charge in [-0.3, -0.25) is 0 Å². The molecule has 116 valence electrons. The van der Waals surface area contributed by atoms with E-state index in [1.807, 2.05) is 18.2 Å². The average molecular weight is 367 g/mol. The summed E-state index contributed by atoms with van der Waals surface area (Å²) < 4.78 is 6.25. The maximum absolute atomic E-state index is 5.24. The Morgan fingerprint density at radius 1 is 1.00 bits per heavy atom. The highest BCUT2D eigenvalue weighted by Crippen LogP contribution is 2.40. The van der Waals surface area contributed by atoms with Crippen LogP contribution < -0.4 is 4.74 Å². The van der Waals surface area contributed by atoms with Crippen molar-refractivity contribution in [2.75, 3.05) is 7.11 Å². The lowest BCUT2D eigenvalue weighted by Crippen LogP contribution is -2.43. The van der Waals surface area contributed by atoms with E-state index >= 15 is 0 Å². The first kappa shape index (κ1) is 18.3. The fraction of sp³-hybridized carbons (Fsp3) is 0.556. The zero-order valence-electron chi connectivity index (χ0n) is 14.3. The molecule has 3 heteroatoms. The van der Waals surface area contributed by atoms with E-state index < -0.39 is 8.07 Å². The van der Waals surface area contributed by atoms with Gasteiger partial charge < -0.3 is 4.74 Å². The van der Waals surface area contributed by atoms with Crippen molar-refractivity contribution in [3.8, 4) is 17.2 Å². The van der Waals surface area contributed by atoms with Crippen LogP contribution in [0.15, 0.2) is 22.7 Å². The van der Waals surface area contributed by atoms with E-state index in [4.69, 9.17) is 4.74 Å². The van der Waals surface area contributed by atoms with Gasteiger partial charge in [-0.1, -0.05) is 47.5 Å². The minimum Gasteiger partial charge on any atom is -0.497 e. The molecule has 0 aliphatic rings. The van der Waals surface area contributed by atoms with Gasteiger partial charge in [0.15, 0.2) is 0 Å². The van der Waals surface area contributed by atoms with Gasteiger partial charge in [-0.2, -0.15) is 0 Å². The fourth-order valence-electron chi connectivity index (χ4n) is 3.33. The fourth-order valence-corrected chi connectivity index (χ4v) is 9.01. The van der Waals surface area contributed by atoms with Crippen LogP contribution in [0.25, 0.3) is 0 Å². The molecule has 0 unspecified atom stereocenters. The van der Waals surface area contributed by atoms with Gasteiger partial charge in [0.05, 0.1) is 7.11 Å². The molecule has 0 fully saturated rings. The maximum atomic E-state index is 5.24. The van der Waals surface area contributed by atoms with Crippen molar-refractivity contribution in [1.82, 2.24) is 0 Å². The lowest BCUT2D eigenvalue weighted by Gasteiger charge is -2.38. The van der Waals surface area contributed by atoms with Crippen molar-refractivity contribution in [2.45, 2.75) is 58.2 Å². The largest absolute Gasteiger partial charge is 0.497 e. The van der Waals surface area contributed by atoms with Gasteiger partial charge in [-0.25, -0.2) is 0 Å². The molecule has 0 aliphatic carbocycles. The maximum Gasteiger partial charge on any atom is 0.146 e. The van der Waals surface area contributed by atoms with Crippen molar-refractivity contribution in [3.63, 3.8) is 0 Å². The second kappa shape index (κ2) is 7.51. The monoisotopic (exact) mass is 366 g/mol. The second-order valence-electron chi connectivity index (χ2n) is 6.49. The number of hydrogen-bond donors (Lipinski definition) is 0. The molecule has 1 aromatic carbocycles. The topological polar surface area (TPSA) is 9.23 Å². The number of rotatable bonds is 4. The zero-order chi connectivity index (χ0) is 16.2. The van der Waals surface area contributed by atoms with E-state index in [0.717, 1.165) is 15.8 Å². The van der Waals surface area contributed by atoms with Gasteiger partial charge >= 0.3 is 0 Å². The molecule has 0 heterocycles. The third-order valence-electron chi connectivity index (χ3n) is 4.46. The molecule has 0 radical (unpaired) electrons. The first-order chi connectivity index (χ1) is 9.75. The van der Waals surface area contributed by atoms with Gasteiger partial charge in [0.2, 0.25) is 0 Å². The molecule has 1 rings (SSSR count). The highest BCUT2D eigenvalue weighted by Gasteiger charge is 2.41. The summed E-state index contributed by atoms with van der Waals surface area (Å²) in [5, 5.41) is 0. The van der Waals surface area contributed by atoms with Crippen LogP contribution in [0.1, 0.15) is 47.1 Å². The summed E-state index contributed by atoms with van der Waals surface area (Å²) in [4.78, 5) is 0. The predicted molar refractivity (Wildman–Crippen MR) is 98.6 cm³/mol. The minimum absolute atomic E-state index is 0.655. The molecule has 1 aromatic rings. The number of ether oxygens (including phenoxy) is 1. The summed E-state index contributed by atoms with van der Waals surface area (Å²) in [5.74, 6) is 4.31. The van der Waals surface area contributed by atoms with Crippen molar-refractivity contribution in [3.05, 3.63) is 28.2 Å². The number of halogens is 1. The summed E-state index contributed by atoms with van der Waals surface area (Å²) in [7, 11) is 0.0135. The first-order valence-corrected chi connectivity index (χ1v) is 10.6. The van der Waals surface area contributed by atoms with Gasteiger partial charge in [0.25, 0.3) is 0 Å². The van der Waals surface area contributed by atoms with Gasteiger partial charge in [-0.05, 0) is 50.8 Å². The Morgan fingerprint density at radius 3 is 1.90 bits per heavy atom. The summed E-state index contributed by atoms with van der Waals surface area (Å²) in [5.41, 5.74) is 6.76. The predicted octanol–water partition coefficient (Wildman–Crippen LogP) is 6.03. The molecule has 0 saturated heterocycles. The van der Waals surface area contributed by atoms with Crippen LogP contribution in [0, 0.1) is 11.5 Å². The molecule has 1 nitrogen and oxygen atoms in total. The smallest absolute Gasteiger partial charge is 0.146 e. The van der Waals surface area contributed by atoms with E-state index in [1.165, 1.54) is 0 Å². The highest BCUT2D eigenvalue weighted by molar-refractivity contribution is 9.10. The molecular weight excluding hydrogens is 340 g/mol. The van der Waals surface area contributed by atoms with Crippen LogP contribution >= 0.6 is 15.9 Å². The quantitative estimate of drug-likeness (QED) is 0.466. The summed E-state index contributed by atoms with van der Waals surface area (Å²) in [6.45, 7) is 14.0. The molecule has 0 amide bonds. The van der Waals surface area contributed by atoms with E-state index in [2.05, 4.69) is 68.9 Å². The molecule has 21 heavy (non-hydrogen) atoms. The van der Waals surface area contributed by atoms with E-state index in [-0.39, 0.29) is 0 Å². The first-order valence-electron chi connectivity index (χ1n) is 7.62. The van der Waals surface area contributed by atoms with Crippen LogP contribution in [-0.4, -0.2) is 15.2 Å². The van der Waals surface area contributed by atoms with Crippen molar-refractivity contribution in [2.24, 2.45) is 0 Å². The molecule has 0 bridgehead atoms. The Morgan fingerprint density at radius 2 is 1.52 bits per heavy atom. The number of hydrogen-bond acceptors (Lipinski definition) is 1. The Labute approximate surface area is 139 Å². The summed E-state index contributed by atoms with van der Waals surface area (Å²) in [6.07, 6.45) is 0. The van der Waals surface area contributed by atoms with Gasteiger partial charge in [-0.15, -0.1) is 5.54 Å². The molecule has 0 aromatic heterocycles. The van der Waals surface area contributed by atoms with Crippen LogP contribution in [0.4, 0.5) is 0 Å². The molecule has 0 N–H and O–H groups in total. The Kier molecular flexibility index (Phi) is 6.56. The Bertz CT molecular complexity index is 516. The van der Waals surface area contributed by atoms with Crippen molar-refractivity contribution in [1.29, 1.82) is 0 Å². The van der Waals surface area contributed by atoms with Crippen molar-refractivity contribution < 1.29 is 4.74 Å². The van der Waals surface area contributed by atoms with Crippen LogP contribution in [0.5, 0.6) is 5.75 Å². The van der Waals surface area contributed by atoms with Crippen LogP contribution in [-0.2, 0) is 0 Å². The second-order valence-corrected chi connectivity index (χ2v) is 12.9. The number of methoxy groups -OCH3 is 1. The minimum atomic E-state index is -1.67.